The number of piperazine rings is 1. The van der Waals surface area contributed by atoms with Gasteiger partial charge in [-0.1, -0.05) is 0 Å². The van der Waals surface area contributed by atoms with E-state index < -0.39 is 0 Å². The maximum absolute atomic E-state index is 4.81. The fraction of sp³-hybridized carbons (Fsp3) is 0.529. The van der Waals surface area contributed by atoms with Crippen LogP contribution >= 0.6 is 46.7 Å². The third kappa shape index (κ3) is 5.82. The molecule has 8 heteroatoms. The first kappa shape index (κ1) is 20.4. The lowest BCUT2D eigenvalue weighted by Crippen LogP contribution is -2.52. The molecule has 25 heavy (non-hydrogen) atoms. The quantitative estimate of drug-likeness (QED) is 0.396. The van der Waals surface area contributed by atoms with Crippen LogP contribution in [0.15, 0.2) is 28.7 Å². The van der Waals surface area contributed by atoms with E-state index in [2.05, 4.69) is 51.5 Å². The van der Waals surface area contributed by atoms with E-state index in [9.17, 15) is 0 Å². The molecule has 0 aliphatic carbocycles. The molecular weight excluding hydrogens is 465 g/mol. The van der Waals surface area contributed by atoms with Gasteiger partial charge in [0.1, 0.15) is 0 Å². The van der Waals surface area contributed by atoms with E-state index in [1.165, 1.54) is 14.9 Å². The zero-order valence-electron chi connectivity index (χ0n) is 14.8. The molecule has 0 aromatic carbocycles. The zero-order chi connectivity index (χ0) is 16.8. The van der Waals surface area contributed by atoms with E-state index in [1.807, 2.05) is 17.5 Å². The average Bonchev–Trinajstić information content (AvgIpc) is 3.26. The lowest BCUT2D eigenvalue weighted by molar-refractivity contribution is 0.373. The molecule has 0 amide bonds. The van der Waals surface area contributed by atoms with Gasteiger partial charge in [-0.25, -0.2) is 4.98 Å². The SMILES string of the molecule is CCNC(=NCCc1ncc(C)s1)N1CCN(c2cccs2)CC1.I. The van der Waals surface area contributed by atoms with Crippen molar-refractivity contribution in [3.05, 3.63) is 33.6 Å². The summed E-state index contributed by atoms with van der Waals surface area (Å²) in [6, 6.07) is 4.33. The van der Waals surface area contributed by atoms with Crippen LogP contribution in [-0.4, -0.2) is 55.1 Å². The van der Waals surface area contributed by atoms with Crippen molar-refractivity contribution in [2.45, 2.75) is 20.3 Å². The number of aliphatic imine (C=N–C) groups is 1. The monoisotopic (exact) mass is 491 g/mol. The second kappa shape index (κ2) is 10.3. The predicted octanol–water partition coefficient (Wildman–Crippen LogP) is 3.46. The highest BCUT2D eigenvalue weighted by molar-refractivity contribution is 14.0. The van der Waals surface area contributed by atoms with E-state index in [0.29, 0.717) is 0 Å². The van der Waals surface area contributed by atoms with Gasteiger partial charge >= 0.3 is 0 Å². The van der Waals surface area contributed by atoms with Crippen molar-refractivity contribution in [1.82, 2.24) is 15.2 Å². The fourth-order valence-corrected chi connectivity index (χ4v) is 4.35. The number of aromatic nitrogens is 1. The Kier molecular flexibility index (Phi) is 8.44. The number of hydrogen-bond donors (Lipinski definition) is 1. The summed E-state index contributed by atoms with van der Waals surface area (Å²) in [6.45, 7) is 10.1. The van der Waals surface area contributed by atoms with Crippen molar-refractivity contribution in [1.29, 1.82) is 0 Å². The second-order valence-corrected chi connectivity index (χ2v) is 8.02. The fourth-order valence-electron chi connectivity index (χ4n) is 2.79. The molecule has 0 bridgehead atoms. The molecule has 3 heterocycles. The topological polar surface area (TPSA) is 43.8 Å². The van der Waals surface area contributed by atoms with Gasteiger partial charge in [0.25, 0.3) is 0 Å². The molecule has 0 unspecified atom stereocenters. The molecule has 1 aliphatic rings. The number of nitrogens with zero attached hydrogens (tertiary/aromatic N) is 4. The average molecular weight is 491 g/mol. The second-order valence-electron chi connectivity index (χ2n) is 5.78. The lowest BCUT2D eigenvalue weighted by atomic mass is 10.3. The van der Waals surface area contributed by atoms with E-state index in [-0.39, 0.29) is 24.0 Å². The molecule has 5 nitrogen and oxygen atoms in total. The molecule has 1 fully saturated rings. The largest absolute Gasteiger partial charge is 0.360 e. The number of thiazole rings is 1. The smallest absolute Gasteiger partial charge is 0.194 e. The molecule has 1 aliphatic heterocycles. The van der Waals surface area contributed by atoms with Crippen molar-refractivity contribution in [3.8, 4) is 0 Å². The van der Waals surface area contributed by atoms with E-state index >= 15 is 0 Å². The van der Waals surface area contributed by atoms with Gasteiger partial charge in [-0.05, 0) is 31.4 Å². The van der Waals surface area contributed by atoms with Gasteiger partial charge in [-0.3, -0.25) is 4.99 Å². The Morgan fingerprint density at radius 2 is 2.12 bits per heavy atom. The van der Waals surface area contributed by atoms with Crippen LogP contribution < -0.4 is 10.2 Å². The van der Waals surface area contributed by atoms with Crippen molar-refractivity contribution < 1.29 is 0 Å². The molecule has 1 N–H and O–H groups in total. The van der Waals surface area contributed by atoms with Gasteiger partial charge in [0.05, 0.1) is 10.0 Å². The summed E-state index contributed by atoms with van der Waals surface area (Å²) in [5, 5.41) is 8.13. The number of aryl methyl sites for hydroxylation is 1. The van der Waals surface area contributed by atoms with Crippen LogP contribution in [-0.2, 0) is 6.42 Å². The maximum atomic E-state index is 4.81. The summed E-state index contributed by atoms with van der Waals surface area (Å²) in [7, 11) is 0. The standard InChI is InChI=1S/C17H25N5S2.HI/c1-3-18-17(19-7-6-15-20-13-14(2)24-15)22-10-8-21(9-11-22)16-5-4-12-23-16;/h4-5,12-13H,3,6-11H2,1-2H3,(H,18,19);1H. The summed E-state index contributed by atoms with van der Waals surface area (Å²) < 4.78 is 0. The van der Waals surface area contributed by atoms with Gasteiger partial charge in [0, 0.05) is 56.8 Å². The molecule has 2 aromatic heterocycles. The highest BCUT2D eigenvalue weighted by Gasteiger charge is 2.20. The zero-order valence-corrected chi connectivity index (χ0v) is 18.7. The number of thiophene rings is 1. The van der Waals surface area contributed by atoms with E-state index in [4.69, 9.17) is 4.99 Å². The van der Waals surface area contributed by atoms with Crippen LogP contribution in [0.4, 0.5) is 5.00 Å². The van der Waals surface area contributed by atoms with E-state index in [0.717, 1.165) is 51.6 Å². The van der Waals surface area contributed by atoms with Crippen LogP contribution in [0, 0.1) is 6.92 Å². The van der Waals surface area contributed by atoms with Gasteiger partial charge in [0.2, 0.25) is 0 Å². The first-order valence-electron chi connectivity index (χ1n) is 8.49. The van der Waals surface area contributed by atoms with Crippen molar-refractivity contribution in [3.63, 3.8) is 0 Å². The number of hydrogen-bond acceptors (Lipinski definition) is 5. The summed E-state index contributed by atoms with van der Waals surface area (Å²) in [5.74, 6) is 1.04. The van der Waals surface area contributed by atoms with Crippen molar-refractivity contribution in [2.75, 3.05) is 44.2 Å². The van der Waals surface area contributed by atoms with Crippen molar-refractivity contribution >= 4 is 57.6 Å². The van der Waals surface area contributed by atoms with Crippen LogP contribution in [0.3, 0.4) is 0 Å². The number of guanidine groups is 1. The molecular formula is C17H26IN5S2. The lowest BCUT2D eigenvalue weighted by Gasteiger charge is -2.37. The van der Waals surface area contributed by atoms with Crippen LogP contribution in [0.1, 0.15) is 16.8 Å². The summed E-state index contributed by atoms with van der Waals surface area (Å²) in [5.41, 5.74) is 0. The van der Waals surface area contributed by atoms with Crippen LogP contribution in [0.5, 0.6) is 0 Å². The van der Waals surface area contributed by atoms with Gasteiger partial charge < -0.3 is 15.1 Å². The molecule has 1 saturated heterocycles. The van der Waals surface area contributed by atoms with Crippen LogP contribution in [0.2, 0.25) is 0 Å². The maximum Gasteiger partial charge on any atom is 0.194 e. The normalized spacial score (nSPS) is 15.2. The van der Waals surface area contributed by atoms with Gasteiger partial charge in [0.15, 0.2) is 5.96 Å². The molecule has 2 aromatic rings. The minimum absolute atomic E-state index is 0. The highest BCUT2D eigenvalue weighted by atomic mass is 127. The molecule has 0 saturated carbocycles. The number of rotatable bonds is 5. The Morgan fingerprint density at radius 1 is 1.32 bits per heavy atom. The van der Waals surface area contributed by atoms with E-state index in [1.54, 1.807) is 11.3 Å². The molecule has 138 valence electrons. The highest BCUT2D eigenvalue weighted by Crippen LogP contribution is 2.22. The van der Waals surface area contributed by atoms with Gasteiger partial charge in [-0.2, -0.15) is 0 Å². The summed E-state index contributed by atoms with van der Waals surface area (Å²) in [4.78, 5) is 15.3. The number of halogens is 1. The molecule has 3 rings (SSSR count). The Balaban J connectivity index is 0.00000225. The Hall–Kier alpha value is -0.870. The molecule has 0 radical (unpaired) electrons. The summed E-state index contributed by atoms with van der Waals surface area (Å²) in [6.07, 6.45) is 2.86. The molecule has 0 spiro atoms. The Morgan fingerprint density at radius 3 is 2.72 bits per heavy atom. The molecule has 0 atom stereocenters. The first-order chi connectivity index (χ1) is 11.8. The van der Waals surface area contributed by atoms with Crippen molar-refractivity contribution in [2.24, 2.45) is 4.99 Å². The minimum atomic E-state index is 0. The predicted molar refractivity (Wildman–Crippen MR) is 120 cm³/mol. The first-order valence-corrected chi connectivity index (χ1v) is 10.2. The van der Waals surface area contributed by atoms with Gasteiger partial charge in [-0.15, -0.1) is 46.7 Å². The summed E-state index contributed by atoms with van der Waals surface area (Å²) >= 11 is 3.59. The minimum Gasteiger partial charge on any atom is -0.360 e. The Labute approximate surface area is 175 Å². The van der Waals surface area contributed by atoms with Crippen LogP contribution in [0.25, 0.3) is 0 Å². The number of anilines is 1. The third-order valence-corrected chi connectivity index (χ3v) is 5.89. The number of nitrogens with one attached hydrogen (secondary N) is 1. The third-order valence-electron chi connectivity index (χ3n) is 3.99. The Bertz CT molecular complexity index is 648.